The maximum absolute atomic E-state index is 13.0. The van der Waals surface area contributed by atoms with Gasteiger partial charge >= 0.3 is 18.1 Å². The first-order valence-corrected chi connectivity index (χ1v) is 12.7. The van der Waals surface area contributed by atoms with Gasteiger partial charge in [0.15, 0.2) is 12.4 Å². The Morgan fingerprint density at radius 1 is 0.950 bits per heavy atom. The van der Waals surface area contributed by atoms with Gasteiger partial charge in [-0.15, -0.1) is 0 Å². The number of rotatable bonds is 8. The van der Waals surface area contributed by atoms with Gasteiger partial charge in [-0.25, -0.2) is 4.79 Å². The van der Waals surface area contributed by atoms with Crippen LogP contribution in [0.2, 0.25) is 0 Å². The van der Waals surface area contributed by atoms with Crippen molar-refractivity contribution in [3.05, 3.63) is 102 Å². The lowest BCUT2D eigenvalue weighted by Crippen LogP contribution is -2.25. The minimum absolute atomic E-state index is 0.0858. The molecular weight excluding hydrogens is 525 g/mol. The van der Waals surface area contributed by atoms with Gasteiger partial charge in [-0.2, -0.15) is 13.2 Å². The predicted molar refractivity (Wildman–Crippen MR) is 138 cm³/mol. The minimum Gasteiger partial charge on any atom is -0.485 e. The fourth-order valence-corrected chi connectivity index (χ4v) is 5.11. The second-order valence-corrected chi connectivity index (χ2v) is 9.74. The molecule has 0 radical (unpaired) electrons. The number of ketones is 1. The van der Waals surface area contributed by atoms with E-state index in [1.165, 1.54) is 18.2 Å². The maximum Gasteiger partial charge on any atom is 0.416 e. The lowest BCUT2D eigenvalue weighted by atomic mass is 9.91. The lowest BCUT2D eigenvalue weighted by molar-refractivity contribution is -0.142. The molecule has 40 heavy (non-hydrogen) atoms. The second-order valence-electron chi connectivity index (χ2n) is 9.74. The molecule has 2 aliphatic rings. The minimum atomic E-state index is -4.53. The number of hydrogen-bond acceptors (Lipinski definition) is 6. The standard InChI is InChI=1S/C31H25F3O6/c32-31(33,34)22-7-4-8-24(15-22)38-18-23(35)13-14-25-26-16-29(36)39-28(26)17-27(25)40-30(37)21-11-9-20(10-12-21)19-5-2-1-3-6-19/h1-15,25-28H,16-18H2/t25-,26-,27-,28?/m1/s1. The highest BCUT2D eigenvalue weighted by Crippen LogP contribution is 2.43. The summed E-state index contributed by atoms with van der Waals surface area (Å²) >= 11 is 0. The zero-order chi connectivity index (χ0) is 28.3. The van der Waals surface area contributed by atoms with Gasteiger partial charge in [0, 0.05) is 18.3 Å². The van der Waals surface area contributed by atoms with Gasteiger partial charge in [0.25, 0.3) is 0 Å². The molecule has 6 nitrogen and oxygen atoms in total. The molecule has 1 aliphatic heterocycles. The highest BCUT2D eigenvalue weighted by Gasteiger charge is 2.50. The molecule has 9 heteroatoms. The molecule has 0 N–H and O–H groups in total. The summed E-state index contributed by atoms with van der Waals surface area (Å²) in [5, 5.41) is 0. The lowest BCUT2D eigenvalue weighted by Gasteiger charge is -2.20. The molecular formula is C31H25F3O6. The number of esters is 2. The summed E-state index contributed by atoms with van der Waals surface area (Å²) in [6.45, 7) is -0.480. The molecule has 3 aromatic rings. The Bertz CT molecular complexity index is 1410. The van der Waals surface area contributed by atoms with Crippen LogP contribution in [-0.4, -0.2) is 36.5 Å². The summed E-state index contributed by atoms with van der Waals surface area (Å²) in [6, 6.07) is 21.0. The van der Waals surface area contributed by atoms with Crippen molar-refractivity contribution in [1.82, 2.24) is 0 Å². The monoisotopic (exact) mass is 550 g/mol. The van der Waals surface area contributed by atoms with E-state index in [9.17, 15) is 27.6 Å². The van der Waals surface area contributed by atoms with Gasteiger partial charge in [0.1, 0.15) is 18.0 Å². The van der Waals surface area contributed by atoms with E-state index < -0.39 is 48.2 Å². The average molecular weight is 551 g/mol. The molecule has 1 unspecified atom stereocenters. The number of carbonyl (C=O) groups is 3. The zero-order valence-electron chi connectivity index (χ0n) is 21.2. The van der Waals surface area contributed by atoms with Crippen molar-refractivity contribution < 1.29 is 41.8 Å². The summed E-state index contributed by atoms with van der Waals surface area (Å²) in [6.07, 6.45) is -2.34. The van der Waals surface area contributed by atoms with Crippen molar-refractivity contribution in [2.45, 2.75) is 31.2 Å². The molecule has 2 fully saturated rings. The number of halogens is 3. The summed E-state index contributed by atoms with van der Waals surface area (Å²) in [5.41, 5.74) is 1.45. The van der Waals surface area contributed by atoms with E-state index in [1.807, 2.05) is 42.5 Å². The SMILES string of the molecule is O=C(C=C[C@H]1[C@H](OC(=O)c2ccc(-c3ccccc3)cc2)CC2OC(=O)C[C@@H]21)COc1cccc(C(F)(F)F)c1. The van der Waals surface area contributed by atoms with Crippen molar-refractivity contribution in [1.29, 1.82) is 0 Å². The molecule has 1 saturated heterocycles. The zero-order valence-corrected chi connectivity index (χ0v) is 21.2. The van der Waals surface area contributed by atoms with Crippen LogP contribution in [-0.2, 0) is 25.2 Å². The summed E-state index contributed by atoms with van der Waals surface area (Å²) < 4.78 is 55.2. The number of fused-ring (bicyclic) bond motifs is 1. The Balaban J connectivity index is 1.23. The first kappa shape index (κ1) is 27.2. The van der Waals surface area contributed by atoms with Gasteiger partial charge in [-0.05, 0) is 47.5 Å². The van der Waals surface area contributed by atoms with Crippen molar-refractivity contribution in [2.24, 2.45) is 11.8 Å². The van der Waals surface area contributed by atoms with Crippen molar-refractivity contribution in [2.75, 3.05) is 6.61 Å². The van der Waals surface area contributed by atoms with Crippen molar-refractivity contribution in [3.8, 4) is 16.9 Å². The second kappa shape index (κ2) is 11.4. The third-order valence-electron chi connectivity index (χ3n) is 7.08. The Hall–Kier alpha value is -4.40. The molecule has 4 atom stereocenters. The quantitative estimate of drug-likeness (QED) is 0.251. The third kappa shape index (κ3) is 6.25. The van der Waals surface area contributed by atoms with Crippen LogP contribution in [0, 0.1) is 11.8 Å². The van der Waals surface area contributed by atoms with Crippen molar-refractivity contribution >= 4 is 17.7 Å². The van der Waals surface area contributed by atoms with E-state index in [0.29, 0.717) is 12.0 Å². The van der Waals surface area contributed by atoms with Crippen LogP contribution in [0.4, 0.5) is 13.2 Å². The fourth-order valence-electron chi connectivity index (χ4n) is 5.11. The number of ether oxygens (including phenoxy) is 3. The first-order valence-electron chi connectivity index (χ1n) is 12.7. The molecule has 5 rings (SSSR count). The van der Waals surface area contributed by atoms with Gasteiger partial charge in [-0.3, -0.25) is 9.59 Å². The summed E-state index contributed by atoms with van der Waals surface area (Å²) in [7, 11) is 0. The average Bonchev–Trinajstić information content (AvgIpc) is 3.46. The highest BCUT2D eigenvalue weighted by atomic mass is 19.4. The molecule has 0 amide bonds. The van der Waals surface area contributed by atoms with E-state index in [4.69, 9.17) is 14.2 Å². The summed E-state index contributed by atoms with van der Waals surface area (Å²) in [5.74, 6) is -2.19. The van der Waals surface area contributed by atoms with Crippen LogP contribution in [0.3, 0.4) is 0 Å². The number of carbonyl (C=O) groups excluding carboxylic acids is 3. The topological polar surface area (TPSA) is 78.9 Å². The fraction of sp³-hybridized carbons (Fsp3) is 0.258. The smallest absolute Gasteiger partial charge is 0.416 e. The van der Waals surface area contributed by atoms with Crippen LogP contribution in [0.25, 0.3) is 11.1 Å². The van der Waals surface area contributed by atoms with Crippen LogP contribution in [0.1, 0.15) is 28.8 Å². The molecule has 3 aromatic carbocycles. The molecule has 0 spiro atoms. The Labute approximate surface area is 228 Å². The molecule has 0 bridgehead atoms. The van der Waals surface area contributed by atoms with Crippen LogP contribution in [0.15, 0.2) is 91.0 Å². The third-order valence-corrected chi connectivity index (χ3v) is 7.08. The normalized spacial score (nSPS) is 22.1. The van der Waals surface area contributed by atoms with Crippen molar-refractivity contribution in [3.63, 3.8) is 0 Å². The van der Waals surface area contributed by atoms with Gasteiger partial charge in [0.2, 0.25) is 0 Å². The Morgan fingerprint density at radius 2 is 1.68 bits per heavy atom. The predicted octanol–water partition coefficient (Wildman–Crippen LogP) is 6.05. The molecule has 1 heterocycles. The molecule has 206 valence electrons. The Morgan fingerprint density at radius 3 is 2.40 bits per heavy atom. The van der Waals surface area contributed by atoms with E-state index in [1.54, 1.807) is 18.2 Å². The molecule has 0 aromatic heterocycles. The van der Waals surface area contributed by atoms with Crippen LogP contribution >= 0.6 is 0 Å². The van der Waals surface area contributed by atoms with E-state index in [0.717, 1.165) is 23.3 Å². The highest BCUT2D eigenvalue weighted by molar-refractivity contribution is 5.91. The molecule has 1 aliphatic carbocycles. The molecule has 1 saturated carbocycles. The number of benzene rings is 3. The van der Waals surface area contributed by atoms with Gasteiger partial charge in [-0.1, -0.05) is 54.6 Å². The van der Waals surface area contributed by atoms with Gasteiger partial charge in [0.05, 0.1) is 17.5 Å². The van der Waals surface area contributed by atoms with E-state index in [2.05, 4.69) is 0 Å². The van der Waals surface area contributed by atoms with Crippen LogP contribution < -0.4 is 4.74 Å². The first-order chi connectivity index (χ1) is 19.2. The van der Waals surface area contributed by atoms with Gasteiger partial charge < -0.3 is 14.2 Å². The summed E-state index contributed by atoms with van der Waals surface area (Å²) in [4.78, 5) is 37.3. The number of hydrogen-bond donors (Lipinski definition) is 0. The number of alkyl halides is 3. The maximum atomic E-state index is 13.0. The van der Waals surface area contributed by atoms with Crippen LogP contribution in [0.5, 0.6) is 5.75 Å². The largest absolute Gasteiger partial charge is 0.485 e. The Kier molecular flexibility index (Phi) is 7.73. The van der Waals surface area contributed by atoms with E-state index >= 15 is 0 Å². The van der Waals surface area contributed by atoms with E-state index in [-0.39, 0.29) is 24.1 Å².